The molecule has 4 heteroatoms. The summed E-state index contributed by atoms with van der Waals surface area (Å²) in [5.74, 6) is 0.834. The summed E-state index contributed by atoms with van der Waals surface area (Å²) in [7, 11) is 0. The van der Waals surface area contributed by atoms with Crippen molar-refractivity contribution in [3.8, 4) is 0 Å². The standard InChI is InChI=1S/C16H23ClN2O/c1-12-3-2-4-15(11-12)18-9-10-19-16(20)13-5-7-14(17)8-6-13/h5-8,12,15,18H,2-4,9-11H2,1H3,(H,19,20)/p+1/t12-,15-/m0/s1. The van der Waals surface area contributed by atoms with E-state index in [2.05, 4.69) is 17.6 Å². The van der Waals surface area contributed by atoms with Crippen LogP contribution in [-0.2, 0) is 0 Å². The molecular formula is C16H24ClN2O+. The van der Waals surface area contributed by atoms with Crippen molar-refractivity contribution in [1.82, 2.24) is 5.32 Å². The van der Waals surface area contributed by atoms with Crippen LogP contribution in [0.25, 0.3) is 0 Å². The van der Waals surface area contributed by atoms with Crippen molar-refractivity contribution in [1.29, 1.82) is 0 Å². The molecule has 110 valence electrons. The van der Waals surface area contributed by atoms with Gasteiger partial charge in [-0.3, -0.25) is 4.79 Å². The lowest BCUT2D eigenvalue weighted by molar-refractivity contribution is -0.690. The van der Waals surface area contributed by atoms with E-state index >= 15 is 0 Å². The van der Waals surface area contributed by atoms with Gasteiger partial charge in [0.2, 0.25) is 0 Å². The highest BCUT2D eigenvalue weighted by atomic mass is 35.5. The fourth-order valence-electron chi connectivity index (χ4n) is 2.90. The second-order valence-electron chi connectivity index (χ2n) is 5.82. The van der Waals surface area contributed by atoms with Gasteiger partial charge in [-0.15, -0.1) is 0 Å². The van der Waals surface area contributed by atoms with Gasteiger partial charge in [0.05, 0.1) is 19.1 Å². The number of benzene rings is 1. The van der Waals surface area contributed by atoms with Crippen LogP contribution in [0.2, 0.25) is 5.02 Å². The van der Waals surface area contributed by atoms with Crippen LogP contribution in [0, 0.1) is 5.92 Å². The van der Waals surface area contributed by atoms with Crippen LogP contribution in [0.3, 0.4) is 0 Å². The number of carbonyl (C=O) groups excluding carboxylic acids is 1. The lowest BCUT2D eigenvalue weighted by Crippen LogP contribution is -2.91. The van der Waals surface area contributed by atoms with Gasteiger partial charge in [0.25, 0.3) is 5.91 Å². The van der Waals surface area contributed by atoms with Gasteiger partial charge in [-0.05, 0) is 43.0 Å². The normalized spacial score (nSPS) is 22.5. The third-order valence-corrected chi connectivity index (χ3v) is 4.27. The average molecular weight is 296 g/mol. The molecule has 3 nitrogen and oxygen atoms in total. The number of nitrogens with two attached hydrogens (primary N) is 1. The molecule has 1 aliphatic rings. The highest BCUT2D eigenvalue weighted by Gasteiger charge is 2.20. The maximum Gasteiger partial charge on any atom is 0.251 e. The van der Waals surface area contributed by atoms with Gasteiger partial charge >= 0.3 is 0 Å². The minimum Gasteiger partial charge on any atom is -0.346 e. The van der Waals surface area contributed by atoms with E-state index in [0.29, 0.717) is 17.1 Å². The number of rotatable bonds is 5. The van der Waals surface area contributed by atoms with Crippen molar-refractivity contribution < 1.29 is 10.1 Å². The Morgan fingerprint density at radius 1 is 1.35 bits per heavy atom. The van der Waals surface area contributed by atoms with Crippen LogP contribution in [0.4, 0.5) is 0 Å². The molecule has 1 fully saturated rings. The monoisotopic (exact) mass is 295 g/mol. The van der Waals surface area contributed by atoms with Crippen LogP contribution < -0.4 is 10.6 Å². The Morgan fingerprint density at radius 2 is 2.10 bits per heavy atom. The van der Waals surface area contributed by atoms with Crippen molar-refractivity contribution in [2.24, 2.45) is 5.92 Å². The van der Waals surface area contributed by atoms with E-state index < -0.39 is 0 Å². The summed E-state index contributed by atoms with van der Waals surface area (Å²) in [6, 6.07) is 7.73. The molecule has 0 aliphatic heterocycles. The Balaban J connectivity index is 1.65. The van der Waals surface area contributed by atoms with Gasteiger partial charge in [-0.25, -0.2) is 0 Å². The van der Waals surface area contributed by atoms with E-state index in [9.17, 15) is 4.79 Å². The summed E-state index contributed by atoms with van der Waals surface area (Å²) in [4.78, 5) is 11.9. The Labute approximate surface area is 126 Å². The lowest BCUT2D eigenvalue weighted by atomic mass is 9.87. The topological polar surface area (TPSA) is 45.7 Å². The molecule has 0 unspecified atom stereocenters. The van der Waals surface area contributed by atoms with Crippen LogP contribution in [0.15, 0.2) is 24.3 Å². The zero-order valence-corrected chi connectivity index (χ0v) is 12.8. The van der Waals surface area contributed by atoms with E-state index in [0.717, 1.165) is 18.5 Å². The first-order valence-electron chi connectivity index (χ1n) is 7.52. The molecule has 0 saturated heterocycles. The van der Waals surface area contributed by atoms with E-state index in [1.165, 1.54) is 25.7 Å². The van der Waals surface area contributed by atoms with Crippen molar-refractivity contribution in [3.05, 3.63) is 34.9 Å². The summed E-state index contributed by atoms with van der Waals surface area (Å²) < 4.78 is 0. The molecule has 0 heterocycles. The van der Waals surface area contributed by atoms with Crippen molar-refractivity contribution in [3.63, 3.8) is 0 Å². The third kappa shape index (κ3) is 4.80. The van der Waals surface area contributed by atoms with Crippen molar-refractivity contribution >= 4 is 17.5 Å². The second-order valence-corrected chi connectivity index (χ2v) is 6.26. The van der Waals surface area contributed by atoms with E-state index in [1.807, 2.05) is 0 Å². The van der Waals surface area contributed by atoms with Gasteiger partial charge in [-0.1, -0.05) is 24.9 Å². The summed E-state index contributed by atoms with van der Waals surface area (Å²) in [5.41, 5.74) is 0.667. The first-order chi connectivity index (χ1) is 9.65. The van der Waals surface area contributed by atoms with E-state index in [-0.39, 0.29) is 5.91 Å². The van der Waals surface area contributed by atoms with Gasteiger partial charge < -0.3 is 10.6 Å². The number of amides is 1. The molecule has 0 aromatic heterocycles. The SMILES string of the molecule is C[C@H]1CCC[C@H]([NH2+]CCNC(=O)c2ccc(Cl)cc2)C1. The quantitative estimate of drug-likeness (QED) is 0.804. The fourth-order valence-corrected chi connectivity index (χ4v) is 3.03. The molecule has 0 bridgehead atoms. The number of carbonyl (C=O) groups is 1. The minimum atomic E-state index is -0.0212. The van der Waals surface area contributed by atoms with Gasteiger partial charge in [0.1, 0.15) is 0 Å². The van der Waals surface area contributed by atoms with Crippen LogP contribution >= 0.6 is 11.6 Å². The van der Waals surface area contributed by atoms with Gasteiger partial charge in [0, 0.05) is 17.0 Å². The van der Waals surface area contributed by atoms with Gasteiger partial charge in [0.15, 0.2) is 0 Å². The molecule has 0 radical (unpaired) electrons. The van der Waals surface area contributed by atoms with Crippen LogP contribution in [0.1, 0.15) is 43.0 Å². The summed E-state index contributed by atoms with van der Waals surface area (Å²) in [5, 5.41) is 6.00. The first kappa shape index (κ1) is 15.3. The van der Waals surface area contributed by atoms with Crippen LogP contribution in [0.5, 0.6) is 0 Å². The molecule has 1 aliphatic carbocycles. The smallest absolute Gasteiger partial charge is 0.251 e. The Morgan fingerprint density at radius 3 is 2.80 bits per heavy atom. The molecule has 2 atom stereocenters. The highest BCUT2D eigenvalue weighted by Crippen LogP contribution is 2.21. The van der Waals surface area contributed by atoms with E-state index in [1.54, 1.807) is 24.3 Å². The summed E-state index contributed by atoms with van der Waals surface area (Å²) in [6.07, 6.45) is 5.34. The molecule has 2 rings (SSSR count). The molecule has 20 heavy (non-hydrogen) atoms. The lowest BCUT2D eigenvalue weighted by Gasteiger charge is -2.24. The second kappa shape index (κ2) is 7.65. The maximum absolute atomic E-state index is 11.9. The zero-order valence-electron chi connectivity index (χ0n) is 12.1. The molecule has 1 aromatic carbocycles. The number of hydrogen-bond donors (Lipinski definition) is 2. The number of nitrogens with one attached hydrogen (secondary N) is 1. The highest BCUT2D eigenvalue weighted by molar-refractivity contribution is 6.30. The molecule has 1 saturated carbocycles. The Hall–Kier alpha value is -1.06. The Kier molecular flexibility index (Phi) is 5.86. The summed E-state index contributed by atoms with van der Waals surface area (Å²) >= 11 is 5.80. The van der Waals surface area contributed by atoms with Gasteiger partial charge in [-0.2, -0.15) is 0 Å². The Bertz CT molecular complexity index is 433. The summed E-state index contributed by atoms with van der Waals surface area (Å²) in [6.45, 7) is 4.01. The number of halogens is 1. The predicted molar refractivity (Wildman–Crippen MR) is 82.0 cm³/mol. The molecule has 0 spiro atoms. The molecular weight excluding hydrogens is 272 g/mol. The first-order valence-corrected chi connectivity index (χ1v) is 7.90. The van der Waals surface area contributed by atoms with Crippen molar-refractivity contribution in [2.75, 3.05) is 13.1 Å². The third-order valence-electron chi connectivity index (χ3n) is 4.01. The fraction of sp³-hybridized carbons (Fsp3) is 0.562. The predicted octanol–water partition coefficient (Wildman–Crippen LogP) is 2.21. The number of quaternary nitrogens is 1. The average Bonchev–Trinajstić information content (AvgIpc) is 2.44. The van der Waals surface area contributed by atoms with Crippen LogP contribution in [-0.4, -0.2) is 25.0 Å². The molecule has 1 aromatic rings. The van der Waals surface area contributed by atoms with Crippen molar-refractivity contribution in [2.45, 2.75) is 38.6 Å². The maximum atomic E-state index is 11.9. The largest absolute Gasteiger partial charge is 0.346 e. The van der Waals surface area contributed by atoms with E-state index in [4.69, 9.17) is 11.6 Å². The minimum absolute atomic E-state index is 0.0212. The zero-order chi connectivity index (χ0) is 14.4. The molecule has 3 N–H and O–H groups in total. The number of hydrogen-bond acceptors (Lipinski definition) is 1. The molecule has 1 amide bonds.